The molecule has 1 atom stereocenters. The van der Waals surface area contributed by atoms with E-state index in [4.69, 9.17) is 0 Å². The van der Waals surface area contributed by atoms with E-state index in [9.17, 15) is 9.18 Å². The quantitative estimate of drug-likeness (QED) is 0.701. The highest BCUT2D eigenvalue weighted by molar-refractivity contribution is 7.13. The molecule has 1 saturated heterocycles. The van der Waals surface area contributed by atoms with Crippen LogP contribution in [0.4, 0.5) is 4.39 Å². The average Bonchev–Trinajstić information content (AvgIpc) is 3.21. The Morgan fingerprint density at radius 1 is 1.15 bits per heavy atom. The number of aromatic nitrogens is 1. The number of amides is 1. The number of carbonyl (C=O) groups excluding carboxylic acids is 1. The molecule has 0 radical (unpaired) electrons. The predicted molar refractivity (Wildman–Crippen MR) is 99.9 cm³/mol. The first-order valence-corrected chi connectivity index (χ1v) is 9.25. The van der Waals surface area contributed by atoms with Crippen molar-refractivity contribution >= 4 is 17.2 Å². The van der Waals surface area contributed by atoms with Crippen LogP contribution in [-0.4, -0.2) is 34.3 Å². The molecule has 1 aromatic heterocycles. The minimum Gasteiger partial charge on any atom is -0.325 e. The van der Waals surface area contributed by atoms with Crippen LogP contribution in [0.25, 0.3) is 10.6 Å². The van der Waals surface area contributed by atoms with E-state index in [2.05, 4.69) is 9.88 Å². The number of thiazole rings is 1. The molecule has 2 heterocycles. The van der Waals surface area contributed by atoms with Gasteiger partial charge in [0.1, 0.15) is 17.0 Å². The van der Waals surface area contributed by atoms with Crippen LogP contribution in [0.3, 0.4) is 0 Å². The maximum Gasteiger partial charge on any atom is 0.238 e. The van der Waals surface area contributed by atoms with Gasteiger partial charge in [-0.1, -0.05) is 42.5 Å². The summed E-state index contributed by atoms with van der Waals surface area (Å²) in [5.41, 5.74) is 2.43. The first-order valence-electron chi connectivity index (χ1n) is 8.37. The second kappa shape index (κ2) is 6.97. The molecule has 3 aromatic rings. The van der Waals surface area contributed by atoms with E-state index in [1.807, 2.05) is 42.8 Å². The lowest BCUT2D eigenvalue weighted by molar-refractivity contribution is -0.126. The van der Waals surface area contributed by atoms with Crippen LogP contribution in [0, 0.1) is 5.82 Å². The van der Waals surface area contributed by atoms with Gasteiger partial charge < -0.3 is 4.90 Å². The topological polar surface area (TPSA) is 36.4 Å². The second-order valence-corrected chi connectivity index (χ2v) is 7.18. The lowest BCUT2D eigenvalue weighted by atomic mass is 10.1. The summed E-state index contributed by atoms with van der Waals surface area (Å²) in [5.74, 6) is -0.185. The van der Waals surface area contributed by atoms with Crippen LogP contribution >= 0.6 is 11.3 Å². The van der Waals surface area contributed by atoms with Gasteiger partial charge in [-0.15, -0.1) is 11.3 Å². The van der Waals surface area contributed by atoms with Crippen molar-refractivity contribution in [3.8, 4) is 10.6 Å². The van der Waals surface area contributed by atoms with Crippen molar-refractivity contribution in [3.63, 3.8) is 0 Å². The molecule has 1 amide bonds. The minimum atomic E-state index is -0.272. The summed E-state index contributed by atoms with van der Waals surface area (Å²) in [6.45, 7) is 0.892. The van der Waals surface area contributed by atoms with Crippen molar-refractivity contribution in [2.45, 2.75) is 12.7 Å². The molecule has 1 aliphatic heterocycles. The molecule has 132 valence electrons. The third-order valence-electron chi connectivity index (χ3n) is 4.56. The van der Waals surface area contributed by atoms with Gasteiger partial charge >= 0.3 is 0 Å². The Morgan fingerprint density at radius 2 is 1.88 bits per heavy atom. The summed E-state index contributed by atoms with van der Waals surface area (Å²) in [7, 11) is 1.83. The standard InChI is InChI=1S/C20H18FN3OS/c1-23-18(25)12-24(20(23)14-7-3-2-4-8-14)11-15-13-26-19(22-15)16-9-5-6-10-17(16)21/h2-10,13,20H,11-12H2,1H3. The van der Waals surface area contributed by atoms with Crippen molar-refractivity contribution in [1.82, 2.24) is 14.8 Å². The predicted octanol–water partition coefficient (Wildman–Crippen LogP) is 3.92. The SMILES string of the molecule is CN1C(=O)CN(Cc2csc(-c3ccccc3F)n2)C1c1ccccc1. The molecule has 1 aliphatic rings. The van der Waals surface area contributed by atoms with E-state index in [0.717, 1.165) is 11.3 Å². The smallest absolute Gasteiger partial charge is 0.238 e. The Bertz CT molecular complexity index is 928. The van der Waals surface area contributed by atoms with Crippen molar-refractivity contribution in [3.05, 3.63) is 77.1 Å². The van der Waals surface area contributed by atoms with Crippen LogP contribution < -0.4 is 0 Å². The summed E-state index contributed by atoms with van der Waals surface area (Å²) in [6.07, 6.45) is -0.109. The van der Waals surface area contributed by atoms with Gasteiger partial charge in [-0.25, -0.2) is 9.37 Å². The molecule has 1 unspecified atom stereocenters. The summed E-state index contributed by atoms with van der Waals surface area (Å²) in [5, 5.41) is 2.60. The van der Waals surface area contributed by atoms with Gasteiger partial charge in [0.05, 0.1) is 12.2 Å². The lowest BCUT2D eigenvalue weighted by Crippen LogP contribution is -2.29. The first-order chi connectivity index (χ1) is 12.6. The van der Waals surface area contributed by atoms with Gasteiger partial charge in [-0.05, 0) is 17.7 Å². The fourth-order valence-corrected chi connectivity index (χ4v) is 4.14. The third-order valence-corrected chi connectivity index (χ3v) is 5.49. The molecule has 1 fully saturated rings. The Hall–Kier alpha value is -2.57. The molecule has 4 nitrogen and oxygen atoms in total. The molecule has 0 bridgehead atoms. The molecule has 0 spiro atoms. The summed E-state index contributed by atoms with van der Waals surface area (Å²) < 4.78 is 14.0. The number of benzene rings is 2. The molecule has 0 saturated carbocycles. The zero-order chi connectivity index (χ0) is 18.1. The number of rotatable bonds is 4. The van der Waals surface area contributed by atoms with Gasteiger partial charge in [0.2, 0.25) is 5.91 Å². The van der Waals surface area contributed by atoms with E-state index in [1.54, 1.807) is 23.1 Å². The zero-order valence-corrected chi connectivity index (χ0v) is 15.1. The number of nitrogens with zero attached hydrogens (tertiary/aromatic N) is 3. The normalized spacial score (nSPS) is 17.8. The van der Waals surface area contributed by atoms with Crippen LogP contribution in [-0.2, 0) is 11.3 Å². The number of halogens is 1. The van der Waals surface area contributed by atoms with Crippen molar-refractivity contribution in [2.24, 2.45) is 0 Å². The molecule has 26 heavy (non-hydrogen) atoms. The Kier molecular flexibility index (Phi) is 4.53. The molecule has 0 aliphatic carbocycles. The number of hydrogen-bond donors (Lipinski definition) is 0. The van der Waals surface area contributed by atoms with Gasteiger partial charge in [-0.3, -0.25) is 9.69 Å². The number of hydrogen-bond acceptors (Lipinski definition) is 4. The fourth-order valence-electron chi connectivity index (χ4n) is 3.30. The average molecular weight is 367 g/mol. The van der Waals surface area contributed by atoms with E-state index in [-0.39, 0.29) is 17.9 Å². The van der Waals surface area contributed by atoms with Crippen molar-refractivity contribution in [2.75, 3.05) is 13.6 Å². The first kappa shape index (κ1) is 16.9. The molecular formula is C20H18FN3OS. The Morgan fingerprint density at radius 3 is 2.65 bits per heavy atom. The maximum absolute atomic E-state index is 14.0. The van der Waals surface area contributed by atoms with Gasteiger partial charge in [0.25, 0.3) is 0 Å². The van der Waals surface area contributed by atoms with Crippen molar-refractivity contribution < 1.29 is 9.18 Å². The van der Waals surface area contributed by atoms with E-state index in [1.165, 1.54) is 17.4 Å². The molecule has 2 aromatic carbocycles. The second-order valence-electron chi connectivity index (χ2n) is 6.32. The van der Waals surface area contributed by atoms with Crippen LogP contribution in [0.15, 0.2) is 60.0 Å². The summed E-state index contributed by atoms with van der Waals surface area (Å²) >= 11 is 1.42. The van der Waals surface area contributed by atoms with Crippen molar-refractivity contribution in [1.29, 1.82) is 0 Å². The number of likely N-dealkylation sites (N-methyl/N-ethyl adjacent to an activating group) is 1. The highest BCUT2D eigenvalue weighted by atomic mass is 32.1. The summed E-state index contributed by atoms with van der Waals surface area (Å²) in [6, 6.07) is 16.6. The minimum absolute atomic E-state index is 0.0865. The molecule has 4 rings (SSSR count). The van der Waals surface area contributed by atoms with Gasteiger partial charge in [0.15, 0.2) is 0 Å². The van der Waals surface area contributed by atoms with Crippen LogP contribution in [0.1, 0.15) is 17.4 Å². The zero-order valence-electron chi connectivity index (χ0n) is 14.3. The highest BCUT2D eigenvalue weighted by Crippen LogP contribution is 2.32. The Labute approximate surface area is 155 Å². The monoisotopic (exact) mass is 367 g/mol. The Balaban J connectivity index is 1.59. The maximum atomic E-state index is 14.0. The van der Waals surface area contributed by atoms with Gasteiger partial charge in [-0.2, -0.15) is 0 Å². The van der Waals surface area contributed by atoms with E-state index < -0.39 is 0 Å². The van der Waals surface area contributed by atoms with Crippen LogP contribution in [0.2, 0.25) is 0 Å². The third kappa shape index (κ3) is 3.13. The van der Waals surface area contributed by atoms with Gasteiger partial charge in [0, 0.05) is 24.5 Å². The lowest BCUT2D eigenvalue weighted by Gasteiger charge is -2.27. The highest BCUT2D eigenvalue weighted by Gasteiger charge is 2.36. The largest absolute Gasteiger partial charge is 0.325 e. The summed E-state index contributed by atoms with van der Waals surface area (Å²) in [4.78, 5) is 20.7. The molecular weight excluding hydrogens is 349 g/mol. The number of carbonyl (C=O) groups is 1. The van der Waals surface area contributed by atoms with Crippen LogP contribution in [0.5, 0.6) is 0 Å². The van der Waals surface area contributed by atoms with E-state index in [0.29, 0.717) is 23.7 Å². The molecule has 0 N–H and O–H groups in total. The van der Waals surface area contributed by atoms with E-state index >= 15 is 0 Å². The fraction of sp³-hybridized carbons (Fsp3) is 0.200. The molecule has 6 heteroatoms.